The zero-order valence-electron chi connectivity index (χ0n) is 13.1. The van der Waals surface area contributed by atoms with Crippen LogP contribution in [0.2, 0.25) is 0 Å². The molecule has 0 radical (unpaired) electrons. The molecule has 1 N–H and O–H groups in total. The van der Waals surface area contributed by atoms with Crippen molar-refractivity contribution in [3.8, 4) is 11.8 Å². The molecular weight excluding hydrogens is 308 g/mol. The Labute approximate surface area is 139 Å². The van der Waals surface area contributed by atoms with Crippen LogP contribution in [0.1, 0.15) is 34.7 Å². The van der Waals surface area contributed by atoms with E-state index in [1.807, 2.05) is 0 Å². The fourth-order valence-corrected chi connectivity index (χ4v) is 2.84. The molecule has 1 fully saturated rings. The number of para-hydroxylation sites is 1. The maximum absolute atomic E-state index is 12.4. The highest BCUT2D eigenvalue weighted by molar-refractivity contribution is 5.92. The molecule has 1 aliphatic heterocycles. The van der Waals surface area contributed by atoms with Gasteiger partial charge in [0.25, 0.3) is 5.91 Å². The summed E-state index contributed by atoms with van der Waals surface area (Å²) in [7, 11) is 0. The van der Waals surface area contributed by atoms with E-state index in [-0.39, 0.29) is 30.9 Å². The molecule has 3 rings (SSSR count). The van der Waals surface area contributed by atoms with Crippen molar-refractivity contribution in [1.29, 1.82) is 5.26 Å². The minimum absolute atomic E-state index is 0.0344. The lowest BCUT2D eigenvalue weighted by molar-refractivity contribution is 0.0642. The standard InChI is InChI=1S/C18H18N2O4/c19-10-13-4-1-2-6-16(13)23-12-15-7-8-17(24-15)18(22)20-9-3-5-14(20)11-21/h1-2,4,6-8,14,21H,3,5,9,11-12H2/t14-/m1/s1. The van der Waals surface area contributed by atoms with Crippen molar-refractivity contribution >= 4 is 5.91 Å². The summed E-state index contributed by atoms with van der Waals surface area (Å²) in [5.74, 6) is 1.01. The number of ether oxygens (including phenoxy) is 1. The van der Waals surface area contributed by atoms with Crippen LogP contribution in [0.5, 0.6) is 5.75 Å². The molecule has 6 nitrogen and oxygen atoms in total. The van der Waals surface area contributed by atoms with Crippen molar-refractivity contribution in [3.63, 3.8) is 0 Å². The first kappa shape index (κ1) is 16.1. The van der Waals surface area contributed by atoms with Gasteiger partial charge in [0.2, 0.25) is 0 Å². The van der Waals surface area contributed by atoms with Gasteiger partial charge in [-0.1, -0.05) is 12.1 Å². The van der Waals surface area contributed by atoms with Crippen LogP contribution in [0.4, 0.5) is 0 Å². The molecule has 0 spiro atoms. The van der Waals surface area contributed by atoms with Gasteiger partial charge in [0.1, 0.15) is 24.2 Å². The molecule has 2 heterocycles. The lowest BCUT2D eigenvalue weighted by atomic mass is 10.2. The van der Waals surface area contributed by atoms with Crippen molar-refractivity contribution in [1.82, 2.24) is 4.90 Å². The van der Waals surface area contributed by atoms with E-state index in [1.165, 1.54) is 0 Å². The number of hydrogen-bond acceptors (Lipinski definition) is 5. The Hall–Kier alpha value is -2.78. The molecule has 0 saturated carbocycles. The first-order valence-corrected chi connectivity index (χ1v) is 7.85. The third-order valence-electron chi connectivity index (χ3n) is 4.10. The average Bonchev–Trinajstić information content (AvgIpc) is 3.28. The van der Waals surface area contributed by atoms with Crippen LogP contribution in [-0.2, 0) is 6.61 Å². The Morgan fingerprint density at radius 2 is 2.21 bits per heavy atom. The summed E-state index contributed by atoms with van der Waals surface area (Å²) in [6.07, 6.45) is 1.70. The number of rotatable bonds is 5. The number of hydrogen-bond donors (Lipinski definition) is 1. The molecular formula is C18H18N2O4. The topological polar surface area (TPSA) is 86.7 Å². The zero-order chi connectivity index (χ0) is 16.9. The van der Waals surface area contributed by atoms with E-state index in [4.69, 9.17) is 14.4 Å². The maximum atomic E-state index is 12.4. The Morgan fingerprint density at radius 1 is 1.38 bits per heavy atom. The highest BCUT2D eigenvalue weighted by Gasteiger charge is 2.30. The molecule has 0 bridgehead atoms. The van der Waals surface area contributed by atoms with Crippen LogP contribution in [-0.4, -0.2) is 35.1 Å². The van der Waals surface area contributed by atoms with Crippen LogP contribution in [0.15, 0.2) is 40.8 Å². The van der Waals surface area contributed by atoms with E-state index in [0.717, 1.165) is 12.8 Å². The van der Waals surface area contributed by atoms with Gasteiger partial charge < -0.3 is 19.2 Å². The number of likely N-dealkylation sites (tertiary alicyclic amines) is 1. The predicted molar refractivity (Wildman–Crippen MR) is 85.3 cm³/mol. The summed E-state index contributed by atoms with van der Waals surface area (Å²) in [5, 5.41) is 18.4. The van der Waals surface area contributed by atoms with Gasteiger partial charge in [0.05, 0.1) is 18.2 Å². The number of nitriles is 1. The van der Waals surface area contributed by atoms with Crippen LogP contribution < -0.4 is 4.74 Å². The first-order chi connectivity index (χ1) is 11.7. The monoisotopic (exact) mass is 326 g/mol. The number of furan rings is 1. The minimum Gasteiger partial charge on any atom is -0.484 e. The summed E-state index contributed by atoms with van der Waals surface area (Å²) >= 11 is 0. The van der Waals surface area contributed by atoms with Gasteiger partial charge in [-0.05, 0) is 37.1 Å². The molecule has 1 atom stereocenters. The second-order valence-corrected chi connectivity index (χ2v) is 5.64. The normalized spacial score (nSPS) is 16.8. The molecule has 24 heavy (non-hydrogen) atoms. The molecule has 0 unspecified atom stereocenters. The number of benzene rings is 1. The van der Waals surface area contributed by atoms with Gasteiger partial charge in [-0.25, -0.2) is 0 Å². The zero-order valence-corrected chi connectivity index (χ0v) is 13.1. The molecule has 0 aliphatic carbocycles. The van der Waals surface area contributed by atoms with E-state index < -0.39 is 0 Å². The summed E-state index contributed by atoms with van der Waals surface area (Å²) in [6, 6.07) is 12.2. The number of carbonyl (C=O) groups excluding carboxylic acids is 1. The summed E-state index contributed by atoms with van der Waals surface area (Å²) in [6.45, 7) is 0.731. The smallest absolute Gasteiger partial charge is 0.289 e. The van der Waals surface area contributed by atoms with E-state index in [9.17, 15) is 9.90 Å². The highest BCUT2D eigenvalue weighted by atomic mass is 16.5. The molecule has 2 aromatic rings. The quantitative estimate of drug-likeness (QED) is 0.911. The van der Waals surface area contributed by atoms with Crippen molar-refractivity contribution in [2.45, 2.75) is 25.5 Å². The molecule has 1 aromatic heterocycles. The third-order valence-corrected chi connectivity index (χ3v) is 4.10. The molecule has 1 saturated heterocycles. The molecule has 6 heteroatoms. The summed E-state index contributed by atoms with van der Waals surface area (Å²) in [5.41, 5.74) is 0.447. The van der Waals surface area contributed by atoms with Gasteiger partial charge >= 0.3 is 0 Å². The Balaban J connectivity index is 1.65. The molecule has 1 aliphatic rings. The highest BCUT2D eigenvalue weighted by Crippen LogP contribution is 2.22. The number of amides is 1. The Kier molecular flexibility index (Phi) is 4.82. The minimum atomic E-state index is -0.213. The fraction of sp³-hybridized carbons (Fsp3) is 0.333. The van der Waals surface area contributed by atoms with Gasteiger partial charge in [-0.15, -0.1) is 0 Å². The molecule has 1 aromatic carbocycles. The van der Waals surface area contributed by atoms with Gasteiger partial charge in [0.15, 0.2) is 5.76 Å². The van der Waals surface area contributed by atoms with Crippen molar-refractivity contribution in [2.24, 2.45) is 0 Å². The average molecular weight is 326 g/mol. The lowest BCUT2D eigenvalue weighted by Crippen LogP contribution is -2.37. The van der Waals surface area contributed by atoms with Crippen LogP contribution >= 0.6 is 0 Å². The van der Waals surface area contributed by atoms with E-state index in [1.54, 1.807) is 41.3 Å². The van der Waals surface area contributed by atoms with E-state index in [0.29, 0.717) is 23.6 Å². The first-order valence-electron chi connectivity index (χ1n) is 7.85. The molecule has 1 amide bonds. The van der Waals surface area contributed by atoms with Crippen molar-refractivity contribution in [3.05, 3.63) is 53.5 Å². The second kappa shape index (κ2) is 7.20. The second-order valence-electron chi connectivity index (χ2n) is 5.64. The maximum Gasteiger partial charge on any atom is 0.289 e. The fourth-order valence-electron chi connectivity index (χ4n) is 2.84. The van der Waals surface area contributed by atoms with Gasteiger partial charge in [-0.2, -0.15) is 5.26 Å². The van der Waals surface area contributed by atoms with Crippen LogP contribution in [0, 0.1) is 11.3 Å². The Morgan fingerprint density at radius 3 is 3.00 bits per heavy atom. The SMILES string of the molecule is N#Cc1ccccc1OCc1ccc(C(=O)N2CCC[C@@H]2CO)o1. The van der Waals surface area contributed by atoms with Gasteiger partial charge in [-0.3, -0.25) is 4.79 Å². The molecule has 124 valence electrons. The van der Waals surface area contributed by atoms with E-state index in [2.05, 4.69) is 6.07 Å². The third kappa shape index (κ3) is 3.26. The van der Waals surface area contributed by atoms with E-state index >= 15 is 0 Å². The predicted octanol–water partition coefficient (Wildman–Crippen LogP) is 2.33. The summed E-state index contributed by atoms with van der Waals surface area (Å²) in [4.78, 5) is 14.1. The lowest BCUT2D eigenvalue weighted by Gasteiger charge is -2.21. The Bertz CT molecular complexity index is 762. The number of aliphatic hydroxyl groups excluding tert-OH is 1. The summed E-state index contributed by atoms with van der Waals surface area (Å²) < 4.78 is 11.2. The number of carbonyl (C=O) groups is 1. The number of aliphatic hydroxyl groups is 1. The van der Waals surface area contributed by atoms with Crippen LogP contribution in [0.3, 0.4) is 0 Å². The van der Waals surface area contributed by atoms with Crippen molar-refractivity contribution < 1.29 is 19.1 Å². The van der Waals surface area contributed by atoms with Crippen LogP contribution in [0.25, 0.3) is 0 Å². The number of nitrogens with zero attached hydrogens (tertiary/aromatic N) is 2. The van der Waals surface area contributed by atoms with Crippen molar-refractivity contribution in [2.75, 3.05) is 13.2 Å². The van der Waals surface area contributed by atoms with Gasteiger partial charge in [0, 0.05) is 6.54 Å². The largest absolute Gasteiger partial charge is 0.484 e.